The number of nitrogens with two attached hydrogens (primary N) is 1. The third-order valence-corrected chi connectivity index (χ3v) is 3.82. The van der Waals surface area contributed by atoms with Crippen molar-refractivity contribution in [3.63, 3.8) is 0 Å². The number of carbonyl (C=O) groups excluding carboxylic acids is 1. The summed E-state index contributed by atoms with van der Waals surface area (Å²) in [5.41, 5.74) is 6.80. The highest BCUT2D eigenvalue weighted by atomic mass is 35.5. The molecule has 0 bridgehead atoms. The van der Waals surface area contributed by atoms with Gasteiger partial charge >= 0.3 is 0 Å². The summed E-state index contributed by atoms with van der Waals surface area (Å²) in [5, 5.41) is 3.27. The highest BCUT2D eigenvalue weighted by Gasteiger charge is 2.33. The lowest BCUT2D eigenvalue weighted by Gasteiger charge is -2.16. The summed E-state index contributed by atoms with van der Waals surface area (Å²) >= 11 is 6.02. The van der Waals surface area contributed by atoms with Crippen LogP contribution in [0.15, 0.2) is 18.2 Å². The maximum atomic E-state index is 11.9. The molecule has 5 heteroatoms. The molecule has 0 aromatic heterocycles. The van der Waals surface area contributed by atoms with Crippen molar-refractivity contribution in [3.05, 3.63) is 23.2 Å². The third-order valence-electron chi connectivity index (χ3n) is 3.50. The van der Waals surface area contributed by atoms with Crippen LogP contribution in [0.5, 0.6) is 0 Å². The Hall–Kier alpha value is -1.26. The fourth-order valence-corrected chi connectivity index (χ4v) is 2.42. The normalized spacial score (nSPS) is 21.5. The van der Waals surface area contributed by atoms with Gasteiger partial charge in [-0.05, 0) is 43.5 Å². The Balaban J connectivity index is 1.83. The minimum absolute atomic E-state index is 0.0533. The molecule has 1 fully saturated rings. The van der Waals surface area contributed by atoms with Crippen LogP contribution in [-0.4, -0.2) is 30.9 Å². The number of nitrogen functional groups attached to an aromatic ring is 1. The summed E-state index contributed by atoms with van der Waals surface area (Å²) in [4.78, 5) is 14.0. The smallest absolute Gasteiger partial charge is 0.238 e. The summed E-state index contributed by atoms with van der Waals surface area (Å²) < 4.78 is 0. The van der Waals surface area contributed by atoms with E-state index < -0.39 is 0 Å². The summed E-state index contributed by atoms with van der Waals surface area (Å²) in [6.45, 7) is 3.60. The molecule has 3 N–H and O–H groups in total. The van der Waals surface area contributed by atoms with Gasteiger partial charge in [0.15, 0.2) is 0 Å². The lowest BCUT2D eigenvalue weighted by molar-refractivity contribution is -0.117. The average molecular weight is 282 g/mol. The second-order valence-corrected chi connectivity index (χ2v) is 5.86. The van der Waals surface area contributed by atoms with Crippen molar-refractivity contribution < 1.29 is 4.79 Å². The van der Waals surface area contributed by atoms with Gasteiger partial charge in [0.2, 0.25) is 5.91 Å². The number of carbonyl (C=O) groups is 1. The molecular weight excluding hydrogens is 262 g/mol. The van der Waals surface area contributed by atoms with E-state index in [0.717, 1.165) is 18.4 Å². The van der Waals surface area contributed by atoms with Gasteiger partial charge in [-0.15, -0.1) is 0 Å². The van der Waals surface area contributed by atoms with Crippen LogP contribution < -0.4 is 11.1 Å². The molecule has 2 unspecified atom stereocenters. The van der Waals surface area contributed by atoms with Gasteiger partial charge < -0.3 is 11.1 Å². The summed E-state index contributed by atoms with van der Waals surface area (Å²) in [7, 11) is 1.97. The molecule has 1 aliphatic rings. The van der Waals surface area contributed by atoms with E-state index in [1.54, 1.807) is 18.2 Å². The number of hydrogen-bond donors (Lipinski definition) is 2. The standard InChI is InChI=1S/C14H20ClN3O/c1-9-5-10(9)7-18(2)8-14(19)17-13-4-3-11(16)6-12(13)15/h3-4,6,9-10H,5,7-8,16H2,1-2H3,(H,17,19). The molecule has 0 radical (unpaired) electrons. The molecule has 2 atom stereocenters. The molecule has 2 rings (SSSR count). The van der Waals surface area contributed by atoms with Crippen LogP contribution in [0.25, 0.3) is 0 Å². The summed E-state index contributed by atoms with van der Waals surface area (Å²) in [5.74, 6) is 1.50. The van der Waals surface area contributed by atoms with Crippen LogP contribution >= 0.6 is 11.6 Å². The van der Waals surface area contributed by atoms with Gasteiger partial charge in [0.1, 0.15) is 0 Å². The predicted molar refractivity (Wildman–Crippen MR) is 79.3 cm³/mol. The Bertz CT molecular complexity index is 478. The highest BCUT2D eigenvalue weighted by molar-refractivity contribution is 6.34. The van der Waals surface area contributed by atoms with Gasteiger partial charge in [0.05, 0.1) is 17.3 Å². The number of halogens is 1. The van der Waals surface area contributed by atoms with E-state index in [0.29, 0.717) is 22.9 Å². The van der Waals surface area contributed by atoms with E-state index >= 15 is 0 Å². The molecule has 0 heterocycles. The van der Waals surface area contributed by atoms with E-state index in [9.17, 15) is 4.79 Å². The zero-order valence-corrected chi connectivity index (χ0v) is 12.1. The fourth-order valence-electron chi connectivity index (χ4n) is 2.19. The Kier molecular flexibility index (Phi) is 4.32. The second kappa shape index (κ2) is 5.80. The van der Waals surface area contributed by atoms with Crippen LogP contribution in [0.1, 0.15) is 13.3 Å². The lowest BCUT2D eigenvalue weighted by atomic mass is 10.3. The third kappa shape index (κ3) is 4.11. The van der Waals surface area contributed by atoms with Gasteiger partial charge in [-0.2, -0.15) is 0 Å². The molecule has 0 spiro atoms. The van der Waals surface area contributed by atoms with E-state index in [2.05, 4.69) is 17.1 Å². The molecule has 1 aromatic carbocycles. The molecule has 0 aliphatic heterocycles. The quantitative estimate of drug-likeness (QED) is 0.815. The SMILES string of the molecule is CC1CC1CN(C)CC(=O)Nc1ccc(N)cc1Cl. The van der Waals surface area contributed by atoms with Gasteiger partial charge in [-0.1, -0.05) is 18.5 Å². The van der Waals surface area contributed by atoms with Gasteiger partial charge in [-0.25, -0.2) is 0 Å². The lowest BCUT2D eigenvalue weighted by Crippen LogP contribution is -2.31. The molecule has 0 saturated heterocycles. The molecule has 4 nitrogen and oxygen atoms in total. The van der Waals surface area contributed by atoms with Crippen molar-refractivity contribution in [1.29, 1.82) is 0 Å². The molecule has 1 saturated carbocycles. The molecule has 1 aromatic rings. The van der Waals surface area contributed by atoms with E-state index in [-0.39, 0.29) is 5.91 Å². The number of amides is 1. The average Bonchev–Trinajstić information content (AvgIpc) is 2.98. The first kappa shape index (κ1) is 14.2. The predicted octanol–water partition coefficient (Wildman–Crippen LogP) is 2.45. The molecule has 19 heavy (non-hydrogen) atoms. The maximum absolute atomic E-state index is 11.9. The molecule has 1 amide bonds. The van der Waals surface area contributed by atoms with Crippen LogP contribution in [0.3, 0.4) is 0 Å². The van der Waals surface area contributed by atoms with Crippen LogP contribution in [-0.2, 0) is 4.79 Å². The number of hydrogen-bond acceptors (Lipinski definition) is 3. The van der Waals surface area contributed by atoms with E-state index in [4.69, 9.17) is 17.3 Å². The first-order valence-corrected chi connectivity index (χ1v) is 6.87. The minimum atomic E-state index is -0.0533. The summed E-state index contributed by atoms with van der Waals surface area (Å²) in [6.07, 6.45) is 1.27. The number of nitrogens with one attached hydrogen (secondary N) is 1. The first-order chi connectivity index (χ1) is 8.95. The van der Waals surface area contributed by atoms with Gasteiger partial charge in [-0.3, -0.25) is 9.69 Å². The van der Waals surface area contributed by atoms with Crippen molar-refractivity contribution in [3.8, 4) is 0 Å². The summed E-state index contributed by atoms with van der Waals surface area (Å²) in [6, 6.07) is 5.07. The van der Waals surface area contributed by atoms with Crippen LogP contribution in [0.4, 0.5) is 11.4 Å². The van der Waals surface area contributed by atoms with Gasteiger partial charge in [0.25, 0.3) is 0 Å². The monoisotopic (exact) mass is 281 g/mol. The van der Waals surface area contributed by atoms with Crippen LogP contribution in [0, 0.1) is 11.8 Å². The minimum Gasteiger partial charge on any atom is -0.399 e. The molecule has 1 aliphatic carbocycles. The van der Waals surface area contributed by atoms with Crippen molar-refractivity contribution in [2.24, 2.45) is 11.8 Å². The fraction of sp³-hybridized carbons (Fsp3) is 0.500. The van der Waals surface area contributed by atoms with Crippen LogP contribution in [0.2, 0.25) is 5.02 Å². The van der Waals surface area contributed by atoms with Crippen molar-refractivity contribution >= 4 is 28.9 Å². The Morgan fingerprint density at radius 3 is 2.84 bits per heavy atom. The zero-order chi connectivity index (χ0) is 14.0. The van der Waals surface area contributed by atoms with E-state index in [1.807, 2.05) is 7.05 Å². The number of rotatable bonds is 5. The topological polar surface area (TPSA) is 58.4 Å². The molecule has 104 valence electrons. The largest absolute Gasteiger partial charge is 0.399 e. The Morgan fingerprint density at radius 2 is 2.26 bits per heavy atom. The van der Waals surface area contributed by atoms with Crippen molar-refractivity contribution in [1.82, 2.24) is 4.90 Å². The Labute approximate surface area is 118 Å². The van der Waals surface area contributed by atoms with Gasteiger partial charge in [0, 0.05) is 12.2 Å². The number of anilines is 2. The second-order valence-electron chi connectivity index (χ2n) is 5.46. The first-order valence-electron chi connectivity index (χ1n) is 6.49. The number of likely N-dealkylation sites (N-methyl/N-ethyl adjacent to an activating group) is 1. The maximum Gasteiger partial charge on any atom is 0.238 e. The molecular formula is C14H20ClN3O. The van der Waals surface area contributed by atoms with E-state index in [1.165, 1.54) is 6.42 Å². The number of benzene rings is 1. The highest BCUT2D eigenvalue weighted by Crippen LogP contribution is 2.37. The number of nitrogens with zero attached hydrogens (tertiary/aromatic N) is 1. The Morgan fingerprint density at radius 1 is 1.58 bits per heavy atom. The van der Waals surface area contributed by atoms with Crippen molar-refractivity contribution in [2.75, 3.05) is 31.2 Å². The zero-order valence-electron chi connectivity index (χ0n) is 11.3. The van der Waals surface area contributed by atoms with Crippen molar-refractivity contribution in [2.45, 2.75) is 13.3 Å².